The van der Waals surface area contributed by atoms with E-state index < -0.39 is 4.75 Å². The molecule has 1 aromatic carbocycles. The molecule has 0 unspecified atom stereocenters. The summed E-state index contributed by atoms with van der Waals surface area (Å²) in [5.74, 6) is -0.198. The molecular weight excluding hydrogens is 175 g/mol. The smallest absolute Gasteiger partial charge is 0.127 e. The van der Waals surface area contributed by atoms with Crippen LogP contribution in [0.25, 0.3) is 0 Å². The Morgan fingerprint density at radius 1 is 1.33 bits per heavy atom. The molecule has 0 aromatic heterocycles. The lowest BCUT2D eigenvalue weighted by molar-refractivity contribution is -0.0112. The zero-order valence-corrected chi connectivity index (χ0v) is 7.35. The van der Waals surface area contributed by atoms with Crippen molar-refractivity contribution in [2.24, 2.45) is 0 Å². The van der Waals surface area contributed by atoms with E-state index in [4.69, 9.17) is 4.74 Å². The minimum atomic E-state index is -0.397. The Bertz CT molecular complexity index is 296. The molecule has 1 saturated heterocycles. The van der Waals surface area contributed by atoms with Gasteiger partial charge in [-0.3, -0.25) is 0 Å². The van der Waals surface area contributed by atoms with Crippen molar-refractivity contribution in [2.75, 3.05) is 13.2 Å². The lowest BCUT2D eigenvalue weighted by Gasteiger charge is -2.37. The van der Waals surface area contributed by atoms with E-state index in [9.17, 15) is 4.39 Å². The highest BCUT2D eigenvalue weighted by molar-refractivity contribution is 7.81. The molecule has 1 aliphatic rings. The van der Waals surface area contributed by atoms with Crippen molar-refractivity contribution in [2.45, 2.75) is 4.75 Å². The largest absolute Gasteiger partial charge is 0.378 e. The van der Waals surface area contributed by atoms with Crippen LogP contribution >= 0.6 is 12.6 Å². The highest BCUT2D eigenvalue weighted by Gasteiger charge is 2.38. The quantitative estimate of drug-likeness (QED) is 0.657. The molecule has 1 heterocycles. The fourth-order valence-electron chi connectivity index (χ4n) is 1.29. The molecule has 64 valence electrons. The average molecular weight is 184 g/mol. The summed E-state index contributed by atoms with van der Waals surface area (Å²) in [6.45, 7) is 0.994. The first-order chi connectivity index (χ1) is 5.72. The summed E-state index contributed by atoms with van der Waals surface area (Å²) in [4.78, 5) is 0. The van der Waals surface area contributed by atoms with Crippen LogP contribution in [-0.2, 0) is 9.48 Å². The van der Waals surface area contributed by atoms with Crippen molar-refractivity contribution in [3.63, 3.8) is 0 Å². The first kappa shape index (κ1) is 8.08. The van der Waals surface area contributed by atoms with Crippen LogP contribution in [-0.4, -0.2) is 13.2 Å². The second-order valence-electron chi connectivity index (χ2n) is 3.00. The van der Waals surface area contributed by atoms with Crippen LogP contribution in [0.15, 0.2) is 24.3 Å². The molecule has 0 N–H and O–H groups in total. The lowest BCUT2D eigenvalue weighted by Crippen LogP contribution is -2.42. The van der Waals surface area contributed by atoms with Crippen molar-refractivity contribution < 1.29 is 9.13 Å². The average Bonchev–Trinajstić information content (AvgIpc) is 2.01. The van der Waals surface area contributed by atoms with E-state index in [-0.39, 0.29) is 5.82 Å². The molecule has 1 fully saturated rings. The standard InChI is InChI=1S/C9H9FOS/c10-8-4-2-1-3-7(8)9(12)5-11-6-9/h1-4,12H,5-6H2. The molecule has 0 radical (unpaired) electrons. The Morgan fingerprint density at radius 2 is 2.00 bits per heavy atom. The van der Waals surface area contributed by atoms with Gasteiger partial charge in [0.25, 0.3) is 0 Å². The molecule has 2 rings (SSSR count). The Balaban J connectivity index is 2.39. The van der Waals surface area contributed by atoms with E-state index in [1.807, 2.05) is 6.07 Å². The summed E-state index contributed by atoms with van der Waals surface area (Å²) in [7, 11) is 0. The van der Waals surface area contributed by atoms with Gasteiger partial charge in [0.15, 0.2) is 0 Å². The van der Waals surface area contributed by atoms with Crippen LogP contribution in [0.4, 0.5) is 4.39 Å². The van der Waals surface area contributed by atoms with E-state index >= 15 is 0 Å². The van der Waals surface area contributed by atoms with Gasteiger partial charge in [-0.05, 0) is 6.07 Å². The van der Waals surface area contributed by atoms with Crippen molar-refractivity contribution in [3.8, 4) is 0 Å². The lowest BCUT2D eigenvalue weighted by atomic mass is 9.96. The Labute approximate surface area is 76.0 Å². The summed E-state index contributed by atoms with van der Waals surface area (Å²) >= 11 is 4.37. The summed E-state index contributed by atoms with van der Waals surface area (Å²) in [6.07, 6.45) is 0. The normalized spacial score (nSPS) is 20.2. The molecule has 0 atom stereocenters. The van der Waals surface area contributed by atoms with Crippen LogP contribution in [0.2, 0.25) is 0 Å². The highest BCUT2D eigenvalue weighted by atomic mass is 32.1. The van der Waals surface area contributed by atoms with Gasteiger partial charge in [0.05, 0.1) is 18.0 Å². The molecule has 0 bridgehead atoms. The van der Waals surface area contributed by atoms with E-state index in [2.05, 4.69) is 12.6 Å². The number of hydrogen-bond donors (Lipinski definition) is 1. The van der Waals surface area contributed by atoms with Gasteiger partial charge in [0, 0.05) is 5.56 Å². The number of ether oxygens (including phenoxy) is 1. The molecule has 12 heavy (non-hydrogen) atoms. The van der Waals surface area contributed by atoms with Crippen LogP contribution in [0.5, 0.6) is 0 Å². The Kier molecular flexibility index (Phi) is 1.85. The van der Waals surface area contributed by atoms with Crippen molar-refractivity contribution >= 4 is 12.6 Å². The van der Waals surface area contributed by atoms with Crippen molar-refractivity contribution in [1.82, 2.24) is 0 Å². The zero-order chi connectivity index (χ0) is 8.60. The Hall–Kier alpha value is -0.540. The molecular formula is C9H9FOS. The minimum absolute atomic E-state index is 0.198. The maximum absolute atomic E-state index is 13.2. The molecule has 1 aliphatic heterocycles. The first-order valence-corrected chi connectivity index (χ1v) is 4.22. The van der Waals surface area contributed by atoms with Crippen molar-refractivity contribution in [1.29, 1.82) is 0 Å². The molecule has 1 nitrogen and oxygen atoms in total. The summed E-state index contributed by atoms with van der Waals surface area (Å²) in [5, 5.41) is 0. The topological polar surface area (TPSA) is 9.23 Å². The molecule has 0 saturated carbocycles. The third-order valence-electron chi connectivity index (χ3n) is 2.06. The van der Waals surface area contributed by atoms with Crippen LogP contribution < -0.4 is 0 Å². The molecule has 3 heteroatoms. The van der Waals surface area contributed by atoms with Crippen LogP contribution in [0, 0.1) is 5.82 Å². The predicted octanol–water partition coefficient (Wildman–Crippen LogP) is 1.98. The summed E-state index contributed by atoms with van der Waals surface area (Å²) < 4.78 is 17.8. The molecule has 0 aliphatic carbocycles. The first-order valence-electron chi connectivity index (χ1n) is 3.77. The second kappa shape index (κ2) is 2.75. The molecule has 0 amide bonds. The predicted molar refractivity (Wildman–Crippen MR) is 47.9 cm³/mol. The minimum Gasteiger partial charge on any atom is -0.378 e. The fourth-order valence-corrected chi connectivity index (χ4v) is 1.65. The monoisotopic (exact) mass is 184 g/mol. The van der Waals surface area contributed by atoms with E-state index in [0.717, 1.165) is 0 Å². The van der Waals surface area contributed by atoms with E-state index in [1.54, 1.807) is 12.1 Å². The van der Waals surface area contributed by atoms with Crippen LogP contribution in [0.1, 0.15) is 5.56 Å². The van der Waals surface area contributed by atoms with Gasteiger partial charge in [-0.2, -0.15) is 12.6 Å². The second-order valence-corrected chi connectivity index (χ2v) is 3.86. The van der Waals surface area contributed by atoms with Gasteiger partial charge in [-0.25, -0.2) is 4.39 Å². The summed E-state index contributed by atoms with van der Waals surface area (Å²) in [6, 6.07) is 6.70. The van der Waals surface area contributed by atoms with Gasteiger partial charge < -0.3 is 4.74 Å². The molecule has 1 aromatic rings. The SMILES string of the molecule is Fc1ccccc1C1(S)COC1. The molecule has 0 spiro atoms. The third kappa shape index (κ3) is 1.13. The highest BCUT2D eigenvalue weighted by Crippen LogP contribution is 2.37. The Morgan fingerprint density at radius 3 is 2.50 bits per heavy atom. The third-order valence-corrected chi connectivity index (χ3v) is 2.56. The fraction of sp³-hybridized carbons (Fsp3) is 0.333. The van der Waals surface area contributed by atoms with E-state index in [1.165, 1.54) is 6.07 Å². The number of thiol groups is 1. The zero-order valence-electron chi connectivity index (χ0n) is 6.46. The summed E-state index contributed by atoms with van der Waals surface area (Å²) in [5.41, 5.74) is 0.639. The van der Waals surface area contributed by atoms with E-state index in [0.29, 0.717) is 18.8 Å². The number of hydrogen-bond acceptors (Lipinski definition) is 2. The van der Waals surface area contributed by atoms with Gasteiger partial charge >= 0.3 is 0 Å². The van der Waals surface area contributed by atoms with Gasteiger partial charge in [0.2, 0.25) is 0 Å². The number of halogens is 1. The number of rotatable bonds is 1. The van der Waals surface area contributed by atoms with Gasteiger partial charge in [-0.15, -0.1) is 0 Å². The number of benzene rings is 1. The maximum atomic E-state index is 13.2. The van der Waals surface area contributed by atoms with Gasteiger partial charge in [-0.1, -0.05) is 18.2 Å². The van der Waals surface area contributed by atoms with Gasteiger partial charge in [0.1, 0.15) is 5.82 Å². The maximum Gasteiger partial charge on any atom is 0.127 e. The van der Waals surface area contributed by atoms with Crippen molar-refractivity contribution in [3.05, 3.63) is 35.6 Å². The van der Waals surface area contributed by atoms with Crippen LogP contribution in [0.3, 0.4) is 0 Å².